The minimum absolute atomic E-state index is 0.0599. The highest BCUT2D eigenvalue weighted by molar-refractivity contribution is 5.95. The monoisotopic (exact) mass is 346 g/mol. The Labute approximate surface area is 138 Å². The minimum atomic E-state index is -4.82. The summed E-state index contributed by atoms with van der Waals surface area (Å²) in [6.45, 7) is 4.45. The molecule has 2 aliphatic rings. The van der Waals surface area contributed by atoms with Crippen molar-refractivity contribution < 1.29 is 32.2 Å². The van der Waals surface area contributed by atoms with Crippen LogP contribution in [0.2, 0.25) is 0 Å². The highest BCUT2D eigenvalue weighted by Gasteiger charge is 2.59. The van der Waals surface area contributed by atoms with Crippen LogP contribution >= 0.6 is 0 Å². The first-order valence-electron chi connectivity index (χ1n) is 8.04. The van der Waals surface area contributed by atoms with E-state index in [-0.39, 0.29) is 13.0 Å². The van der Waals surface area contributed by atoms with Crippen molar-refractivity contribution in [1.29, 1.82) is 0 Å². The number of ether oxygens (including phenoxy) is 2. The summed E-state index contributed by atoms with van der Waals surface area (Å²) in [5.41, 5.74) is -3.07. The zero-order chi connectivity index (χ0) is 18.1. The SMILES string of the molecule is CCCC[C@@]12C=C[C@@H](O1)C(C(=O)OCC)=C(C(F)(F)F)[C@H]2C(C)=O. The van der Waals surface area contributed by atoms with Crippen LogP contribution < -0.4 is 0 Å². The largest absolute Gasteiger partial charge is 0.463 e. The van der Waals surface area contributed by atoms with Gasteiger partial charge in [0.25, 0.3) is 0 Å². The van der Waals surface area contributed by atoms with Gasteiger partial charge < -0.3 is 9.47 Å². The van der Waals surface area contributed by atoms with Crippen molar-refractivity contribution in [2.24, 2.45) is 5.92 Å². The third kappa shape index (κ3) is 3.14. The summed E-state index contributed by atoms with van der Waals surface area (Å²) in [6, 6.07) is 0. The number of esters is 1. The molecule has 0 aliphatic carbocycles. The van der Waals surface area contributed by atoms with Crippen LogP contribution in [0, 0.1) is 5.92 Å². The van der Waals surface area contributed by atoms with E-state index in [1.807, 2.05) is 6.92 Å². The zero-order valence-electron chi connectivity index (χ0n) is 13.9. The maximum absolute atomic E-state index is 13.8. The normalized spacial score (nSPS) is 29.1. The molecule has 0 aromatic heterocycles. The third-order valence-corrected chi connectivity index (χ3v) is 4.38. The molecular weight excluding hydrogens is 325 g/mol. The van der Waals surface area contributed by atoms with Crippen LogP contribution in [-0.2, 0) is 19.1 Å². The summed E-state index contributed by atoms with van der Waals surface area (Å²) < 4.78 is 51.9. The molecule has 4 nitrogen and oxygen atoms in total. The van der Waals surface area contributed by atoms with E-state index in [1.54, 1.807) is 0 Å². The maximum Gasteiger partial charge on any atom is 0.414 e. The molecule has 0 fully saturated rings. The molecule has 7 heteroatoms. The lowest BCUT2D eigenvalue weighted by atomic mass is 9.73. The van der Waals surface area contributed by atoms with Crippen LogP contribution in [0.5, 0.6) is 0 Å². The predicted octanol–water partition coefficient (Wildman–Crippen LogP) is 3.51. The minimum Gasteiger partial charge on any atom is -0.463 e. The van der Waals surface area contributed by atoms with Crippen molar-refractivity contribution >= 4 is 11.8 Å². The van der Waals surface area contributed by atoms with Gasteiger partial charge in [-0.25, -0.2) is 4.79 Å². The summed E-state index contributed by atoms with van der Waals surface area (Å²) in [7, 11) is 0. The second kappa shape index (κ2) is 6.70. The van der Waals surface area contributed by atoms with Crippen LogP contribution in [0.1, 0.15) is 40.0 Å². The average Bonchev–Trinajstić information content (AvgIpc) is 2.83. The molecule has 2 rings (SSSR count). The molecule has 0 aromatic rings. The molecule has 24 heavy (non-hydrogen) atoms. The number of carbonyl (C=O) groups excluding carboxylic acids is 2. The highest BCUT2D eigenvalue weighted by atomic mass is 19.4. The molecule has 0 spiro atoms. The van der Waals surface area contributed by atoms with Gasteiger partial charge in [0.05, 0.1) is 23.7 Å². The lowest BCUT2D eigenvalue weighted by Crippen LogP contribution is -2.51. The Morgan fingerprint density at radius 3 is 2.50 bits per heavy atom. The summed E-state index contributed by atoms with van der Waals surface area (Å²) in [5, 5.41) is 0. The van der Waals surface area contributed by atoms with Gasteiger partial charge in [0, 0.05) is 0 Å². The zero-order valence-corrected chi connectivity index (χ0v) is 13.9. The Hall–Kier alpha value is -1.63. The summed E-state index contributed by atoms with van der Waals surface area (Å²) in [4.78, 5) is 24.3. The Bertz CT molecular complexity index is 591. The smallest absolute Gasteiger partial charge is 0.414 e. The molecule has 2 heterocycles. The Kier molecular flexibility index (Phi) is 5.22. The molecule has 0 saturated heterocycles. The number of hydrogen-bond donors (Lipinski definition) is 0. The number of halogens is 3. The van der Waals surface area contributed by atoms with Gasteiger partial charge >= 0.3 is 12.1 Å². The topological polar surface area (TPSA) is 52.6 Å². The Morgan fingerprint density at radius 1 is 1.33 bits per heavy atom. The van der Waals surface area contributed by atoms with Crippen LogP contribution in [0.4, 0.5) is 13.2 Å². The third-order valence-electron chi connectivity index (χ3n) is 4.38. The molecule has 0 unspecified atom stereocenters. The first-order valence-corrected chi connectivity index (χ1v) is 8.04. The van der Waals surface area contributed by atoms with Crippen molar-refractivity contribution in [2.75, 3.05) is 6.61 Å². The van der Waals surface area contributed by atoms with Gasteiger partial charge in [0.15, 0.2) is 0 Å². The number of ketones is 1. The molecule has 0 N–H and O–H groups in total. The number of rotatable bonds is 6. The predicted molar refractivity (Wildman–Crippen MR) is 80.2 cm³/mol. The number of carbonyl (C=O) groups is 2. The number of unbranched alkanes of at least 4 members (excludes halogenated alkanes) is 1. The molecule has 0 aromatic carbocycles. The fraction of sp³-hybridized carbons (Fsp3) is 0.647. The van der Waals surface area contributed by atoms with Crippen LogP contribution in [0.3, 0.4) is 0 Å². The lowest BCUT2D eigenvalue weighted by Gasteiger charge is -2.42. The van der Waals surface area contributed by atoms with E-state index < -0.39 is 46.7 Å². The molecule has 0 saturated carbocycles. The van der Waals surface area contributed by atoms with Crippen LogP contribution in [0.25, 0.3) is 0 Å². The molecule has 134 valence electrons. The first-order chi connectivity index (χ1) is 11.2. The summed E-state index contributed by atoms with van der Waals surface area (Å²) in [5.74, 6) is -3.32. The number of alkyl halides is 3. The lowest BCUT2D eigenvalue weighted by molar-refractivity contribution is -0.158. The molecule has 3 atom stereocenters. The molecular formula is C17H21F3O4. The van der Waals surface area contributed by atoms with E-state index in [0.717, 1.165) is 13.3 Å². The van der Waals surface area contributed by atoms with Crippen molar-refractivity contribution in [2.45, 2.75) is 57.9 Å². The van der Waals surface area contributed by atoms with Gasteiger partial charge in [-0.15, -0.1) is 0 Å². The number of Topliss-reactive ketones (excluding diaryl/α,β-unsaturated/α-hetero) is 1. The van der Waals surface area contributed by atoms with Crippen LogP contribution in [0.15, 0.2) is 23.3 Å². The van der Waals surface area contributed by atoms with Crippen molar-refractivity contribution in [1.82, 2.24) is 0 Å². The van der Waals surface area contributed by atoms with Gasteiger partial charge in [-0.3, -0.25) is 4.79 Å². The number of hydrogen-bond acceptors (Lipinski definition) is 4. The van der Waals surface area contributed by atoms with Crippen molar-refractivity contribution in [3.63, 3.8) is 0 Å². The van der Waals surface area contributed by atoms with E-state index in [4.69, 9.17) is 9.47 Å². The summed E-state index contributed by atoms with van der Waals surface area (Å²) in [6.07, 6.45) is -1.35. The summed E-state index contributed by atoms with van der Waals surface area (Å²) >= 11 is 0. The molecule has 0 amide bonds. The van der Waals surface area contributed by atoms with E-state index in [0.29, 0.717) is 6.42 Å². The van der Waals surface area contributed by atoms with Gasteiger partial charge in [0.1, 0.15) is 17.5 Å². The second-order valence-corrected chi connectivity index (χ2v) is 6.05. The van der Waals surface area contributed by atoms with E-state index in [1.165, 1.54) is 19.1 Å². The fourth-order valence-corrected chi connectivity index (χ4v) is 3.48. The van der Waals surface area contributed by atoms with Gasteiger partial charge in [-0.1, -0.05) is 31.9 Å². The van der Waals surface area contributed by atoms with Crippen LogP contribution in [-0.4, -0.2) is 36.2 Å². The number of fused-ring (bicyclic) bond motifs is 2. The standard InChI is InChI=1S/C17H21F3O4/c1-4-6-8-16-9-7-11(24-16)12(15(22)23-5-2)14(17(18,19)20)13(16)10(3)21/h7,9,11,13H,4-6,8H2,1-3H3/t11-,13-,16+/m1/s1. The Balaban J connectivity index is 2.64. The molecule has 2 aliphatic heterocycles. The average molecular weight is 346 g/mol. The molecule has 0 radical (unpaired) electrons. The van der Waals surface area contributed by atoms with E-state index in [9.17, 15) is 22.8 Å². The van der Waals surface area contributed by atoms with Crippen molar-refractivity contribution in [3.8, 4) is 0 Å². The quantitative estimate of drug-likeness (QED) is 0.545. The first kappa shape index (κ1) is 18.7. The van der Waals surface area contributed by atoms with Gasteiger partial charge in [0.2, 0.25) is 0 Å². The van der Waals surface area contributed by atoms with E-state index >= 15 is 0 Å². The highest BCUT2D eigenvalue weighted by Crippen LogP contribution is 2.51. The fourth-order valence-electron chi connectivity index (χ4n) is 3.48. The Morgan fingerprint density at radius 2 is 2.00 bits per heavy atom. The van der Waals surface area contributed by atoms with Crippen molar-refractivity contribution in [3.05, 3.63) is 23.3 Å². The second-order valence-electron chi connectivity index (χ2n) is 6.05. The van der Waals surface area contributed by atoms with Gasteiger partial charge in [-0.05, 0) is 20.3 Å². The van der Waals surface area contributed by atoms with Gasteiger partial charge in [-0.2, -0.15) is 13.2 Å². The van der Waals surface area contributed by atoms with E-state index in [2.05, 4.69) is 0 Å². The molecule has 2 bridgehead atoms. The maximum atomic E-state index is 13.8.